The van der Waals surface area contributed by atoms with Crippen LogP contribution in [0.3, 0.4) is 0 Å². The average Bonchev–Trinajstić information content (AvgIpc) is 2.90. The Kier molecular flexibility index (Phi) is 7.59. The monoisotopic (exact) mass is 398 g/mol. The molecule has 3 atom stereocenters. The zero-order valence-electron chi connectivity index (χ0n) is 19.1. The number of hydrogen-bond acceptors (Lipinski definition) is 2. The number of carbonyl (C=O) groups excluding carboxylic acids is 1. The van der Waals surface area contributed by atoms with Gasteiger partial charge in [0.15, 0.2) is 0 Å². The molecule has 1 aromatic carbocycles. The van der Waals surface area contributed by atoms with Gasteiger partial charge in [-0.15, -0.1) is 0 Å². The third-order valence-corrected chi connectivity index (χ3v) is 8.62. The molecule has 2 fully saturated rings. The highest BCUT2D eigenvalue weighted by molar-refractivity contribution is 5.61. The van der Waals surface area contributed by atoms with Gasteiger partial charge >= 0.3 is 0 Å². The standard InChI is InChI=1S/C27H42O2/c1-4-29-24(23-14-9-8-10-15-23)27(22-28)19-13-18-26(3,20-21-27)25(2)16-11-6-5-7-12-17-25/h8-10,14-15,22,24H,4-7,11-13,16-21H2,1-3H3. The lowest BCUT2D eigenvalue weighted by Crippen LogP contribution is -2.39. The maximum Gasteiger partial charge on any atom is 0.129 e. The first-order valence-corrected chi connectivity index (χ1v) is 12.1. The van der Waals surface area contributed by atoms with Crippen molar-refractivity contribution >= 4 is 6.29 Å². The van der Waals surface area contributed by atoms with Crippen LogP contribution in [-0.4, -0.2) is 12.9 Å². The molecule has 2 aliphatic carbocycles. The molecule has 2 aliphatic rings. The van der Waals surface area contributed by atoms with E-state index in [1.165, 1.54) is 57.7 Å². The Labute approximate surface area is 178 Å². The van der Waals surface area contributed by atoms with E-state index in [0.29, 0.717) is 17.4 Å². The van der Waals surface area contributed by atoms with Gasteiger partial charge in [0.25, 0.3) is 0 Å². The minimum atomic E-state index is -0.396. The molecule has 0 bridgehead atoms. The third kappa shape index (κ3) is 4.79. The number of rotatable bonds is 6. The molecule has 0 saturated heterocycles. The molecule has 2 saturated carbocycles. The molecule has 0 heterocycles. The lowest BCUT2D eigenvalue weighted by molar-refractivity contribution is -0.129. The third-order valence-electron chi connectivity index (χ3n) is 8.62. The van der Waals surface area contributed by atoms with E-state index in [0.717, 1.165) is 31.2 Å². The molecule has 0 aromatic heterocycles. The van der Waals surface area contributed by atoms with Crippen LogP contribution in [-0.2, 0) is 9.53 Å². The first-order valence-electron chi connectivity index (χ1n) is 12.1. The lowest BCUT2D eigenvalue weighted by atomic mass is 9.57. The smallest absolute Gasteiger partial charge is 0.129 e. The van der Waals surface area contributed by atoms with Crippen LogP contribution in [0.5, 0.6) is 0 Å². The summed E-state index contributed by atoms with van der Waals surface area (Å²) in [6, 6.07) is 10.4. The number of benzene rings is 1. The van der Waals surface area contributed by atoms with Crippen molar-refractivity contribution in [2.75, 3.05) is 6.61 Å². The first kappa shape index (κ1) is 22.5. The van der Waals surface area contributed by atoms with Gasteiger partial charge in [0.05, 0.1) is 11.5 Å². The lowest BCUT2D eigenvalue weighted by Gasteiger charge is -2.48. The quantitative estimate of drug-likeness (QED) is 0.363. The molecule has 0 spiro atoms. The van der Waals surface area contributed by atoms with Crippen molar-refractivity contribution in [3.8, 4) is 0 Å². The largest absolute Gasteiger partial charge is 0.373 e. The van der Waals surface area contributed by atoms with Crippen molar-refractivity contribution in [1.29, 1.82) is 0 Å². The van der Waals surface area contributed by atoms with Crippen LogP contribution in [0, 0.1) is 16.2 Å². The molecule has 0 N–H and O–H groups in total. The fourth-order valence-corrected chi connectivity index (χ4v) is 6.29. The van der Waals surface area contributed by atoms with Crippen molar-refractivity contribution in [3.63, 3.8) is 0 Å². The van der Waals surface area contributed by atoms with E-state index in [1.54, 1.807) is 0 Å². The van der Waals surface area contributed by atoms with Crippen molar-refractivity contribution in [1.82, 2.24) is 0 Å². The minimum Gasteiger partial charge on any atom is -0.373 e. The van der Waals surface area contributed by atoms with Crippen LogP contribution in [0.25, 0.3) is 0 Å². The van der Waals surface area contributed by atoms with Gasteiger partial charge in [0.1, 0.15) is 6.29 Å². The van der Waals surface area contributed by atoms with Gasteiger partial charge in [-0.1, -0.05) is 82.7 Å². The zero-order valence-corrected chi connectivity index (χ0v) is 19.1. The second kappa shape index (κ2) is 9.77. The van der Waals surface area contributed by atoms with E-state index in [9.17, 15) is 4.79 Å². The molecule has 162 valence electrons. The zero-order chi connectivity index (χ0) is 20.8. The number of aldehydes is 1. The summed E-state index contributed by atoms with van der Waals surface area (Å²) in [5.74, 6) is 0. The molecule has 0 radical (unpaired) electrons. The van der Waals surface area contributed by atoms with E-state index < -0.39 is 5.41 Å². The van der Waals surface area contributed by atoms with E-state index >= 15 is 0 Å². The van der Waals surface area contributed by atoms with Crippen LogP contribution >= 0.6 is 0 Å². The van der Waals surface area contributed by atoms with Crippen LogP contribution in [0.1, 0.15) is 109 Å². The van der Waals surface area contributed by atoms with Gasteiger partial charge in [-0.25, -0.2) is 0 Å². The molecule has 2 heteroatoms. The molecule has 2 nitrogen and oxygen atoms in total. The fourth-order valence-electron chi connectivity index (χ4n) is 6.29. The molecule has 29 heavy (non-hydrogen) atoms. The maximum absolute atomic E-state index is 12.6. The predicted octanol–water partition coefficient (Wildman–Crippen LogP) is 7.67. The van der Waals surface area contributed by atoms with Gasteiger partial charge in [0.2, 0.25) is 0 Å². The summed E-state index contributed by atoms with van der Waals surface area (Å²) < 4.78 is 6.26. The van der Waals surface area contributed by atoms with E-state index in [-0.39, 0.29) is 6.10 Å². The SMILES string of the molecule is CCOC(c1ccccc1)C1(C=O)CCCC(C)(C2(C)CCCCCCC2)CC1. The second-order valence-electron chi connectivity index (χ2n) is 10.3. The predicted molar refractivity (Wildman–Crippen MR) is 121 cm³/mol. The highest BCUT2D eigenvalue weighted by Gasteiger charge is 2.49. The molecule has 3 unspecified atom stereocenters. The van der Waals surface area contributed by atoms with Crippen LogP contribution in [0.2, 0.25) is 0 Å². The number of hydrogen-bond donors (Lipinski definition) is 0. The highest BCUT2D eigenvalue weighted by Crippen LogP contribution is 2.58. The van der Waals surface area contributed by atoms with Crippen LogP contribution < -0.4 is 0 Å². The normalized spacial score (nSPS) is 31.8. The van der Waals surface area contributed by atoms with Gasteiger partial charge < -0.3 is 9.53 Å². The summed E-state index contributed by atoms with van der Waals surface area (Å²) in [4.78, 5) is 12.6. The van der Waals surface area contributed by atoms with Gasteiger partial charge in [-0.2, -0.15) is 0 Å². The van der Waals surface area contributed by atoms with Crippen molar-refractivity contribution in [2.45, 2.75) is 104 Å². The first-order chi connectivity index (χ1) is 14.0. The second-order valence-corrected chi connectivity index (χ2v) is 10.3. The summed E-state index contributed by atoms with van der Waals surface area (Å²) in [6.45, 7) is 7.78. The number of ether oxygens (including phenoxy) is 1. The number of carbonyl (C=O) groups is 1. The topological polar surface area (TPSA) is 26.3 Å². The molecular weight excluding hydrogens is 356 g/mol. The average molecular weight is 399 g/mol. The van der Waals surface area contributed by atoms with Gasteiger partial charge in [-0.05, 0) is 61.8 Å². The Bertz CT molecular complexity index is 631. The highest BCUT2D eigenvalue weighted by atomic mass is 16.5. The Hall–Kier alpha value is -1.15. The van der Waals surface area contributed by atoms with Gasteiger partial charge in [-0.3, -0.25) is 0 Å². The molecule has 1 aromatic rings. The molecule has 0 aliphatic heterocycles. The summed E-state index contributed by atoms with van der Waals surface area (Å²) in [6.07, 6.45) is 16.2. The Morgan fingerprint density at radius 1 is 0.828 bits per heavy atom. The Balaban J connectivity index is 1.85. The Morgan fingerprint density at radius 3 is 2.03 bits per heavy atom. The maximum atomic E-state index is 12.6. The van der Waals surface area contributed by atoms with Crippen molar-refractivity contribution in [2.24, 2.45) is 16.2 Å². The van der Waals surface area contributed by atoms with Gasteiger partial charge in [0, 0.05) is 6.61 Å². The summed E-state index contributed by atoms with van der Waals surface area (Å²) >= 11 is 0. The molecule has 0 amide bonds. The van der Waals surface area contributed by atoms with Crippen molar-refractivity contribution < 1.29 is 9.53 Å². The van der Waals surface area contributed by atoms with Crippen molar-refractivity contribution in [3.05, 3.63) is 35.9 Å². The summed E-state index contributed by atoms with van der Waals surface area (Å²) in [5, 5.41) is 0. The van der Waals surface area contributed by atoms with Crippen LogP contribution in [0.15, 0.2) is 30.3 Å². The van der Waals surface area contributed by atoms with Crippen LogP contribution in [0.4, 0.5) is 0 Å². The minimum absolute atomic E-state index is 0.126. The summed E-state index contributed by atoms with van der Waals surface area (Å²) in [7, 11) is 0. The van der Waals surface area contributed by atoms with E-state index in [1.807, 2.05) is 13.0 Å². The van der Waals surface area contributed by atoms with E-state index in [2.05, 4.69) is 38.1 Å². The van der Waals surface area contributed by atoms with E-state index in [4.69, 9.17) is 4.74 Å². The fraction of sp³-hybridized carbons (Fsp3) is 0.741. The summed E-state index contributed by atoms with van der Waals surface area (Å²) in [5.41, 5.74) is 1.48. The molecular formula is C27H42O2. The Morgan fingerprint density at radius 2 is 1.41 bits per heavy atom. The molecule has 3 rings (SSSR count).